The molecule has 4 nitrogen and oxygen atoms in total. The normalized spacial score (nSPS) is 12.1. The molecule has 0 aliphatic carbocycles. The van der Waals surface area contributed by atoms with Crippen molar-refractivity contribution in [2.24, 2.45) is 0 Å². The molecule has 0 bridgehead atoms. The van der Waals surface area contributed by atoms with E-state index in [0.29, 0.717) is 22.0 Å². The van der Waals surface area contributed by atoms with Crippen LogP contribution in [0.1, 0.15) is 18.5 Å². The SMILES string of the molecule is COc1ccc(Cl)cc1NC(=O)CN(C)C(C)c1ccc(F)cc1F. The minimum absolute atomic E-state index is 0.00759. The fourth-order valence-electron chi connectivity index (χ4n) is 2.41. The Morgan fingerprint density at radius 2 is 2.00 bits per heavy atom. The molecule has 2 rings (SSSR count). The van der Waals surface area contributed by atoms with E-state index in [1.807, 2.05) is 0 Å². The van der Waals surface area contributed by atoms with Crippen LogP contribution >= 0.6 is 11.6 Å². The molecule has 1 unspecified atom stereocenters. The van der Waals surface area contributed by atoms with Gasteiger partial charge in [-0.25, -0.2) is 8.78 Å². The first kappa shape index (κ1) is 19.1. The zero-order valence-corrected chi connectivity index (χ0v) is 14.9. The van der Waals surface area contributed by atoms with Gasteiger partial charge in [-0.1, -0.05) is 17.7 Å². The average Bonchev–Trinajstić information content (AvgIpc) is 2.54. The fourth-order valence-corrected chi connectivity index (χ4v) is 2.58. The van der Waals surface area contributed by atoms with E-state index >= 15 is 0 Å². The Labute approximate surface area is 150 Å². The quantitative estimate of drug-likeness (QED) is 0.828. The zero-order chi connectivity index (χ0) is 18.6. The summed E-state index contributed by atoms with van der Waals surface area (Å²) in [6.07, 6.45) is 0. The molecule has 0 radical (unpaired) electrons. The third kappa shape index (κ3) is 4.90. The van der Waals surface area contributed by atoms with Crippen LogP contribution in [0.15, 0.2) is 36.4 Å². The highest BCUT2D eigenvalue weighted by atomic mass is 35.5. The Balaban J connectivity index is 2.06. The first-order valence-electron chi connectivity index (χ1n) is 7.60. The maximum absolute atomic E-state index is 13.9. The summed E-state index contributed by atoms with van der Waals surface area (Å²) < 4.78 is 32.1. The van der Waals surface area contributed by atoms with Crippen LogP contribution in [0.5, 0.6) is 5.75 Å². The number of anilines is 1. The van der Waals surface area contributed by atoms with Crippen molar-refractivity contribution in [1.82, 2.24) is 4.90 Å². The van der Waals surface area contributed by atoms with Gasteiger partial charge in [0.15, 0.2) is 0 Å². The lowest BCUT2D eigenvalue weighted by Crippen LogP contribution is -2.32. The summed E-state index contributed by atoms with van der Waals surface area (Å²) in [6, 6.07) is 7.88. The summed E-state index contributed by atoms with van der Waals surface area (Å²) in [4.78, 5) is 13.9. The molecular formula is C18H19ClF2N2O2. The van der Waals surface area contributed by atoms with Crippen LogP contribution in [0.4, 0.5) is 14.5 Å². The number of methoxy groups -OCH3 is 1. The minimum Gasteiger partial charge on any atom is -0.495 e. The Morgan fingerprint density at radius 1 is 1.28 bits per heavy atom. The van der Waals surface area contributed by atoms with Crippen LogP contribution in [0.25, 0.3) is 0 Å². The van der Waals surface area contributed by atoms with Gasteiger partial charge in [-0.2, -0.15) is 0 Å². The number of hydrogen-bond acceptors (Lipinski definition) is 3. The average molecular weight is 369 g/mol. The maximum Gasteiger partial charge on any atom is 0.238 e. The Morgan fingerprint density at radius 3 is 2.64 bits per heavy atom. The summed E-state index contributed by atoms with van der Waals surface area (Å²) in [5, 5.41) is 3.18. The third-order valence-electron chi connectivity index (χ3n) is 3.90. The highest BCUT2D eigenvalue weighted by Gasteiger charge is 2.19. The van der Waals surface area contributed by atoms with Crippen molar-refractivity contribution in [3.05, 3.63) is 58.6 Å². The number of nitrogens with zero attached hydrogens (tertiary/aromatic N) is 1. The molecule has 0 aromatic heterocycles. The minimum atomic E-state index is -0.642. The highest BCUT2D eigenvalue weighted by Crippen LogP contribution is 2.28. The van der Waals surface area contributed by atoms with Gasteiger partial charge in [-0.05, 0) is 38.2 Å². The summed E-state index contributed by atoms with van der Waals surface area (Å²) in [6.45, 7) is 1.75. The number of benzene rings is 2. The predicted octanol–water partition coefficient (Wildman–Crippen LogP) is 4.26. The summed E-state index contributed by atoms with van der Waals surface area (Å²) in [5.74, 6) is -1.10. The first-order chi connectivity index (χ1) is 11.8. The Hall–Kier alpha value is -2.18. The van der Waals surface area contributed by atoms with Gasteiger partial charge in [0.25, 0.3) is 0 Å². The predicted molar refractivity (Wildman–Crippen MR) is 94.0 cm³/mol. The van der Waals surface area contributed by atoms with E-state index in [1.165, 1.54) is 19.2 Å². The van der Waals surface area contributed by atoms with E-state index in [9.17, 15) is 13.6 Å². The third-order valence-corrected chi connectivity index (χ3v) is 4.14. The summed E-state index contributed by atoms with van der Waals surface area (Å²) in [7, 11) is 3.17. The van der Waals surface area contributed by atoms with Gasteiger partial charge in [0.05, 0.1) is 19.3 Å². The second-order valence-electron chi connectivity index (χ2n) is 5.65. The van der Waals surface area contributed by atoms with E-state index in [1.54, 1.807) is 37.1 Å². The van der Waals surface area contributed by atoms with Gasteiger partial charge in [-0.15, -0.1) is 0 Å². The highest BCUT2D eigenvalue weighted by molar-refractivity contribution is 6.31. The molecule has 1 N–H and O–H groups in total. The van der Waals surface area contributed by atoms with E-state index in [-0.39, 0.29) is 12.5 Å². The van der Waals surface area contributed by atoms with Gasteiger partial charge in [-0.3, -0.25) is 9.69 Å². The topological polar surface area (TPSA) is 41.6 Å². The van der Waals surface area contributed by atoms with Crippen LogP contribution in [0.2, 0.25) is 5.02 Å². The van der Waals surface area contributed by atoms with Crippen molar-refractivity contribution in [3.63, 3.8) is 0 Å². The summed E-state index contributed by atoms with van der Waals surface area (Å²) >= 11 is 5.93. The smallest absolute Gasteiger partial charge is 0.238 e. The molecule has 7 heteroatoms. The van der Waals surface area contributed by atoms with E-state index in [2.05, 4.69) is 5.32 Å². The van der Waals surface area contributed by atoms with Crippen molar-refractivity contribution in [2.75, 3.05) is 26.0 Å². The monoisotopic (exact) mass is 368 g/mol. The standard InChI is InChI=1S/C18H19ClF2N2O2/c1-11(14-6-5-13(20)9-15(14)21)23(2)10-18(24)22-16-8-12(19)4-7-17(16)25-3/h4-9,11H,10H2,1-3H3,(H,22,24). The van der Waals surface area contributed by atoms with E-state index in [4.69, 9.17) is 16.3 Å². The number of amides is 1. The van der Waals surface area contributed by atoms with Crippen LogP contribution in [-0.2, 0) is 4.79 Å². The van der Waals surface area contributed by atoms with Crippen molar-refractivity contribution in [1.29, 1.82) is 0 Å². The molecule has 2 aromatic rings. The molecule has 0 spiro atoms. The number of carbonyl (C=O) groups is 1. The molecule has 0 aliphatic rings. The largest absolute Gasteiger partial charge is 0.495 e. The number of likely N-dealkylation sites (N-methyl/N-ethyl adjacent to an activating group) is 1. The molecule has 134 valence electrons. The van der Waals surface area contributed by atoms with Gasteiger partial charge in [0, 0.05) is 22.7 Å². The van der Waals surface area contributed by atoms with Gasteiger partial charge in [0.1, 0.15) is 17.4 Å². The van der Waals surface area contributed by atoms with E-state index in [0.717, 1.165) is 6.07 Å². The lowest BCUT2D eigenvalue weighted by Gasteiger charge is -2.25. The lowest BCUT2D eigenvalue weighted by molar-refractivity contribution is -0.117. The molecule has 0 heterocycles. The van der Waals surface area contributed by atoms with Gasteiger partial charge >= 0.3 is 0 Å². The molecular weight excluding hydrogens is 350 g/mol. The number of nitrogens with one attached hydrogen (secondary N) is 1. The molecule has 0 aliphatic heterocycles. The molecule has 25 heavy (non-hydrogen) atoms. The maximum atomic E-state index is 13.9. The van der Waals surface area contributed by atoms with Crippen molar-refractivity contribution >= 4 is 23.2 Å². The zero-order valence-electron chi connectivity index (χ0n) is 14.1. The molecule has 0 saturated heterocycles. The Bertz CT molecular complexity index is 771. The first-order valence-corrected chi connectivity index (χ1v) is 7.98. The van der Waals surface area contributed by atoms with Gasteiger partial charge in [0.2, 0.25) is 5.91 Å². The number of rotatable bonds is 6. The molecule has 0 fully saturated rings. The van der Waals surface area contributed by atoms with Gasteiger partial charge < -0.3 is 10.1 Å². The number of halogens is 3. The molecule has 0 saturated carbocycles. The number of ether oxygens (including phenoxy) is 1. The number of hydrogen-bond donors (Lipinski definition) is 1. The molecule has 1 amide bonds. The van der Waals surface area contributed by atoms with Crippen LogP contribution in [-0.4, -0.2) is 31.5 Å². The fraction of sp³-hybridized carbons (Fsp3) is 0.278. The molecule has 2 aromatic carbocycles. The Kier molecular flexibility index (Phi) is 6.33. The van der Waals surface area contributed by atoms with Crippen LogP contribution in [0, 0.1) is 11.6 Å². The second kappa shape index (κ2) is 8.27. The van der Waals surface area contributed by atoms with Crippen LogP contribution in [0.3, 0.4) is 0 Å². The van der Waals surface area contributed by atoms with Crippen molar-refractivity contribution in [3.8, 4) is 5.75 Å². The van der Waals surface area contributed by atoms with E-state index < -0.39 is 17.7 Å². The lowest BCUT2D eigenvalue weighted by atomic mass is 10.1. The summed E-state index contributed by atoms with van der Waals surface area (Å²) in [5.41, 5.74) is 0.769. The molecule has 1 atom stereocenters. The van der Waals surface area contributed by atoms with Crippen LogP contribution < -0.4 is 10.1 Å². The second-order valence-corrected chi connectivity index (χ2v) is 6.09. The van der Waals surface area contributed by atoms with Crippen molar-refractivity contribution in [2.45, 2.75) is 13.0 Å². The van der Waals surface area contributed by atoms with Crippen molar-refractivity contribution < 1.29 is 18.3 Å². The number of carbonyl (C=O) groups excluding carboxylic acids is 1.